The molecule has 0 N–H and O–H groups in total. The molecule has 26 heavy (non-hydrogen) atoms. The Morgan fingerprint density at radius 2 is 1.65 bits per heavy atom. The highest BCUT2D eigenvalue weighted by Crippen LogP contribution is 2.60. The molecule has 4 bridgehead atoms. The summed E-state index contributed by atoms with van der Waals surface area (Å²) in [5, 5.41) is 0.724. The van der Waals surface area contributed by atoms with Crippen LogP contribution in [0, 0.1) is 23.2 Å². The van der Waals surface area contributed by atoms with E-state index in [1.807, 2.05) is 36.2 Å². The molecule has 1 aromatic rings. The molecule has 4 heteroatoms. The van der Waals surface area contributed by atoms with Gasteiger partial charge in [0.05, 0.1) is 12.0 Å². The average Bonchev–Trinajstić information content (AvgIpc) is 2.61. The van der Waals surface area contributed by atoms with Gasteiger partial charge in [-0.15, -0.1) is 0 Å². The van der Waals surface area contributed by atoms with Crippen LogP contribution in [0.15, 0.2) is 24.3 Å². The molecule has 0 heterocycles. The highest BCUT2D eigenvalue weighted by atomic mass is 35.5. The van der Waals surface area contributed by atoms with Crippen LogP contribution in [0.1, 0.15) is 51.4 Å². The minimum absolute atomic E-state index is 0.0106. The molecule has 0 aliphatic heterocycles. The lowest BCUT2D eigenvalue weighted by Crippen LogP contribution is -2.54. The third-order valence-electron chi connectivity index (χ3n) is 6.81. The molecule has 4 aliphatic rings. The third-order valence-corrected chi connectivity index (χ3v) is 7.06. The summed E-state index contributed by atoms with van der Waals surface area (Å²) in [6.45, 7) is 1.52. The molecule has 0 spiro atoms. The monoisotopic (exact) mass is 375 g/mol. The lowest BCUT2D eigenvalue weighted by molar-refractivity contribution is -0.156. The number of hydrogen-bond acceptors (Lipinski definition) is 2. The zero-order valence-corrected chi connectivity index (χ0v) is 16.5. The van der Waals surface area contributed by atoms with Crippen LogP contribution in [0.5, 0.6) is 5.75 Å². The van der Waals surface area contributed by atoms with Gasteiger partial charge in [-0.2, -0.15) is 0 Å². The van der Waals surface area contributed by atoms with Crippen molar-refractivity contribution < 1.29 is 9.53 Å². The molecule has 142 valence electrons. The summed E-state index contributed by atoms with van der Waals surface area (Å²) in [7, 11) is 2.00. The number of halogens is 1. The van der Waals surface area contributed by atoms with Gasteiger partial charge in [-0.25, -0.2) is 0 Å². The number of ether oxygens (including phenoxy) is 1. The minimum Gasteiger partial charge on any atom is -0.494 e. The van der Waals surface area contributed by atoms with E-state index in [9.17, 15) is 4.79 Å². The predicted molar refractivity (Wildman–Crippen MR) is 104 cm³/mol. The van der Waals surface area contributed by atoms with Crippen LogP contribution in [0.4, 0.5) is 0 Å². The van der Waals surface area contributed by atoms with E-state index < -0.39 is 0 Å². The number of unbranched alkanes of at least 4 members (excludes halogenated alkanes) is 1. The summed E-state index contributed by atoms with van der Waals surface area (Å²) in [4.78, 5) is 15.2. The molecule has 4 fully saturated rings. The zero-order valence-electron chi connectivity index (χ0n) is 15.8. The first kappa shape index (κ1) is 18.2. The van der Waals surface area contributed by atoms with Gasteiger partial charge < -0.3 is 9.64 Å². The second kappa shape index (κ2) is 7.42. The fourth-order valence-electron chi connectivity index (χ4n) is 6.05. The highest BCUT2D eigenvalue weighted by molar-refractivity contribution is 6.30. The van der Waals surface area contributed by atoms with Gasteiger partial charge in [-0.1, -0.05) is 11.6 Å². The Labute approximate surface area is 162 Å². The summed E-state index contributed by atoms with van der Waals surface area (Å²) < 4.78 is 5.74. The van der Waals surface area contributed by atoms with E-state index >= 15 is 0 Å². The molecule has 4 aliphatic carbocycles. The third kappa shape index (κ3) is 3.74. The van der Waals surface area contributed by atoms with Gasteiger partial charge in [0.1, 0.15) is 5.75 Å². The molecule has 3 nitrogen and oxygen atoms in total. The number of rotatable bonds is 7. The molecular formula is C22H30ClNO2. The van der Waals surface area contributed by atoms with E-state index in [1.165, 1.54) is 19.3 Å². The molecule has 0 aromatic heterocycles. The number of nitrogens with zero attached hydrogens (tertiary/aromatic N) is 1. The van der Waals surface area contributed by atoms with Crippen LogP contribution in [-0.4, -0.2) is 31.0 Å². The van der Waals surface area contributed by atoms with E-state index in [0.29, 0.717) is 12.5 Å². The van der Waals surface area contributed by atoms with Crippen LogP contribution in [0.2, 0.25) is 5.02 Å². The van der Waals surface area contributed by atoms with Gasteiger partial charge in [0.15, 0.2) is 0 Å². The highest BCUT2D eigenvalue weighted by Gasteiger charge is 2.55. The molecule has 0 saturated heterocycles. The van der Waals surface area contributed by atoms with Crippen molar-refractivity contribution in [3.63, 3.8) is 0 Å². The van der Waals surface area contributed by atoms with E-state index in [1.54, 1.807) is 0 Å². The summed E-state index contributed by atoms with van der Waals surface area (Å²) >= 11 is 5.88. The van der Waals surface area contributed by atoms with E-state index in [0.717, 1.165) is 67.2 Å². The summed E-state index contributed by atoms with van der Waals surface area (Å²) in [6.07, 6.45) is 9.57. The molecule has 1 amide bonds. The molecule has 0 atom stereocenters. The lowest BCUT2D eigenvalue weighted by Gasteiger charge is -2.56. The van der Waals surface area contributed by atoms with E-state index in [-0.39, 0.29) is 5.41 Å². The molecule has 1 aromatic carbocycles. The molecule has 5 rings (SSSR count). The summed E-state index contributed by atoms with van der Waals surface area (Å²) in [5.74, 6) is 3.76. The fraction of sp³-hybridized carbons (Fsp3) is 0.682. The van der Waals surface area contributed by atoms with Gasteiger partial charge in [0, 0.05) is 18.6 Å². The maximum atomic E-state index is 13.2. The van der Waals surface area contributed by atoms with Crippen molar-refractivity contribution in [2.75, 3.05) is 20.2 Å². The number of hydrogen-bond donors (Lipinski definition) is 0. The van der Waals surface area contributed by atoms with Gasteiger partial charge in [-0.3, -0.25) is 4.79 Å². The van der Waals surface area contributed by atoms with Crippen molar-refractivity contribution in [1.82, 2.24) is 4.90 Å². The zero-order chi connectivity index (χ0) is 18.1. The van der Waals surface area contributed by atoms with Gasteiger partial charge >= 0.3 is 0 Å². The lowest BCUT2D eigenvalue weighted by atomic mass is 9.49. The standard InChI is InChI=1S/C22H30ClNO2/c1-24(8-2-3-9-26-20-6-4-19(23)5-7-20)21(25)22-13-16-10-17(14-22)12-18(11-16)15-22/h4-7,16-18H,2-3,8-15H2,1H3. The Kier molecular flexibility index (Phi) is 5.18. The van der Waals surface area contributed by atoms with Crippen molar-refractivity contribution >= 4 is 17.5 Å². The second-order valence-corrected chi connectivity index (χ2v) is 9.37. The van der Waals surface area contributed by atoms with Crippen LogP contribution in [-0.2, 0) is 4.79 Å². The summed E-state index contributed by atoms with van der Waals surface area (Å²) in [6, 6.07) is 7.47. The first-order chi connectivity index (χ1) is 12.5. The van der Waals surface area contributed by atoms with Crippen molar-refractivity contribution in [2.24, 2.45) is 23.2 Å². The number of carbonyl (C=O) groups excluding carboxylic acids is 1. The van der Waals surface area contributed by atoms with Crippen LogP contribution >= 0.6 is 11.6 Å². The topological polar surface area (TPSA) is 29.5 Å². The maximum Gasteiger partial charge on any atom is 0.228 e. The Morgan fingerprint density at radius 1 is 1.08 bits per heavy atom. The number of amides is 1. The van der Waals surface area contributed by atoms with Crippen molar-refractivity contribution in [3.05, 3.63) is 29.3 Å². The predicted octanol–water partition coefficient (Wildman–Crippen LogP) is 5.17. The average molecular weight is 376 g/mol. The largest absolute Gasteiger partial charge is 0.494 e. The normalized spacial score (nSPS) is 31.8. The maximum absolute atomic E-state index is 13.2. The minimum atomic E-state index is -0.0106. The van der Waals surface area contributed by atoms with Crippen LogP contribution < -0.4 is 4.74 Å². The second-order valence-electron chi connectivity index (χ2n) is 8.93. The Balaban J connectivity index is 1.22. The first-order valence-electron chi connectivity index (χ1n) is 10.2. The van der Waals surface area contributed by atoms with E-state index in [2.05, 4.69) is 0 Å². The fourth-order valence-corrected chi connectivity index (χ4v) is 6.18. The number of carbonyl (C=O) groups is 1. The Bertz CT molecular complexity index is 607. The summed E-state index contributed by atoms with van der Waals surface area (Å²) in [5.41, 5.74) is -0.0106. The van der Waals surface area contributed by atoms with E-state index in [4.69, 9.17) is 16.3 Å². The van der Waals surface area contributed by atoms with Gasteiger partial charge in [0.2, 0.25) is 5.91 Å². The van der Waals surface area contributed by atoms with Gasteiger partial charge in [-0.05, 0) is 93.4 Å². The van der Waals surface area contributed by atoms with Crippen molar-refractivity contribution in [2.45, 2.75) is 51.4 Å². The Morgan fingerprint density at radius 3 is 2.23 bits per heavy atom. The van der Waals surface area contributed by atoms with Crippen molar-refractivity contribution in [1.29, 1.82) is 0 Å². The molecule has 4 saturated carbocycles. The number of benzene rings is 1. The molecule has 0 radical (unpaired) electrons. The van der Waals surface area contributed by atoms with Crippen molar-refractivity contribution in [3.8, 4) is 5.75 Å². The Hall–Kier alpha value is -1.22. The first-order valence-corrected chi connectivity index (χ1v) is 10.6. The van der Waals surface area contributed by atoms with Gasteiger partial charge in [0.25, 0.3) is 0 Å². The molecular weight excluding hydrogens is 346 g/mol. The SMILES string of the molecule is CN(CCCCOc1ccc(Cl)cc1)C(=O)C12CC3CC(CC(C3)C1)C2. The van der Waals surface area contributed by atoms with Crippen LogP contribution in [0.25, 0.3) is 0 Å². The van der Waals surface area contributed by atoms with Crippen LogP contribution in [0.3, 0.4) is 0 Å². The smallest absolute Gasteiger partial charge is 0.228 e. The molecule has 0 unspecified atom stereocenters. The quantitative estimate of drug-likeness (QED) is 0.615.